The van der Waals surface area contributed by atoms with Crippen molar-refractivity contribution < 1.29 is 9.18 Å². The zero-order chi connectivity index (χ0) is 20.5. The summed E-state index contributed by atoms with van der Waals surface area (Å²) in [5.74, 6) is -0.781. The van der Waals surface area contributed by atoms with Gasteiger partial charge >= 0.3 is 0 Å². The first kappa shape index (κ1) is 19.2. The number of anilines is 1. The number of hydrogen-bond donors (Lipinski definition) is 1. The molecule has 146 valence electrons. The molecule has 1 amide bonds. The Morgan fingerprint density at radius 1 is 1.14 bits per heavy atom. The molecule has 0 aliphatic rings. The van der Waals surface area contributed by atoms with Crippen molar-refractivity contribution in [2.24, 2.45) is 0 Å². The minimum atomic E-state index is -0.415. The molecule has 9 heteroatoms. The molecule has 0 atom stereocenters. The Labute approximate surface area is 175 Å². The molecule has 29 heavy (non-hydrogen) atoms. The van der Waals surface area contributed by atoms with E-state index in [1.54, 1.807) is 25.3 Å². The first-order chi connectivity index (χ1) is 13.9. The number of aromatic nitrogens is 4. The number of carbonyl (C=O) groups excluding carboxylic acids is 1. The summed E-state index contributed by atoms with van der Waals surface area (Å²) in [6, 6.07) is 11.3. The second-order valence-electron chi connectivity index (χ2n) is 6.24. The predicted octanol–water partition coefficient (Wildman–Crippen LogP) is 5.05. The molecule has 0 radical (unpaired) electrons. The highest BCUT2D eigenvalue weighted by Crippen LogP contribution is 2.32. The molecule has 3 heterocycles. The van der Waals surface area contributed by atoms with Crippen LogP contribution in [0.5, 0.6) is 0 Å². The van der Waals surface area contributed by atoms with Crippen LogP contribution in [0.4, 0.5) is 9.52 Å². The summed E-state index contributed by atoms with van der Waals surface area (Å²) in [5.41, 5.74) is 2.81. The molecule has 0 saturated heterocycles. The average Bonchev–Trinajstić information content (AvgIpc) is 3.21. The molecule has 3 aromatic heterocycles. The molecule has 4 aromatic rings. The van der Waals surface area contributed by atoms with E-state index in [0.29, 0.717) is 16.5 Å². The third kappa shape index (κ3) is 3.76. The zero-order valence-electron chi connectivity index (χ0n) is 15.5. The fourth-order valence-corrected chi connectivity index (χ4v) is 4.15. The summed E-state index contributed by atoms with van der Waals surface area (Å²) in [6.07, 6.45) is 1.71. The molecule has 0 unspecified atom stereocenters. The molecule has 0 aliphatic carbocycles. The summed E-state index contributed by atoms with van der Waals surface area (Å²) < 4.78 is 14.6. The van der Waals surface area contributed by atoms with Gasteiger partial charge in [0.15, 0.2) is 5.13 Å². The number of hydrogen-bond acceptors (Lipinski definition) is 5. The van der Waals surface area contributed by atoms with Crippen molar-refractivity contribution in [1.29, 1.82) is 0 Å². The largest absolute Gasteiger partial charge is 0.298 e. The summed E-state index contributed by atoms with van der Waals surface area (Å²) >= 11 is 7.75. The van der Waals surface area contributed by atoms with Gasteiger partial charge in [0.25, 0.3) is 5.91 Å². The van der Waals surface area contributed by atoms with Crippen LogP contribution >= 0.6 is 22.9 Å². The van der Waals surface area contributed by atoms with Crippen LogP contribution in [0, 0.1) is 19.7 Å². The van der Waals surface area contributed by atoms with Crippen LogP contribution in [-0.4, -0.2) is 25.7 Å². The fourth-order valence-electron chi connectivity index (χ4n) is 2.85. The van der Waals surface area contributed by atoms with Gasteiger partial charge in [0.2, 0.25) is 0 Å². The van der Waals surface area contributed by atoms with Crippen molar-refractivity contribution in [2.75, 3.05) is 5.32 Å². The van der Waals surface area contributed by atoms with Crippen molar-refractivity contribution in [1.82, 2.24) is 19.7 Å². The van der Waals surface area contributed by atoms with Gasteiger partial charge < -0.3 is 0 Å². The van der Waals surface area contributed by atoms with Crippen molar-refractivity contribution >= 4 is 34.0 Å². The Morgan fingerprint density at radius 3 is 2.59 bits per heavy atom. The molecular weight excluding hydrogens is 413 g/mol. The molecule has 1 N–H and O–H groups in total. The maximum atomic E-state index is 13.2. The van der Waals surface area contributed by atoms with E-state index in [-0.39, 0.29) is 16.5 Å². The number of aryl methyl sites for hydroxylation is 2. The molecule has 0 saturated carbocycles. The van der Waals surface area contributed by atoms with Crippen molar-refractivity contribution in [2.45, 2.75) is 13.8 Å². The maximum Gasteiger partial charge on any atom is 0.262 e. The van der Waals surface area contributed by atoms with Gasteiger partial charge in [-0.3, -0.25) is 15.1 Å². The Balaban J connectivity index is 1.62. The van der Waals surface area contributed by atoms with Crippen LogP contribution in [-0.2, 0) is 0 Å². The third-order valence-electron chi connectivity index (χ3n) is 4.22. The summed E-state index contributed by atoms with van der Waals surface area (Å²) in [4.78, 5) is 22.5. The molecular formula is C20H15ClFN5OS. The second-order valence-corrected chi connectivity index (χ2v) is 7.60. The standard InChI is InChI=1S/C20H15ClFN5OS/c1-11-16(18(21)27(26-11)14-8-6-13(22)7-9-14)19(28)25-20-24-12(2)17(29-20)15-5-3-4-10-23-15/h3-10H,1-2H3,(H,24,25,28). The smallest absolute Gasteiger partial charge is 0.262 e. The number of pyridine rings is 1. The number of nitrogens with one attached hydrogen (secondary N) is 1. The van der Waals surface area contributed by atoms with E-state index in [1.165, 1.54) is 28.2 Å². The lowest BCUT2D eigenvalue weighted by Gasteiger charge is -2.04. The van der Waals surface area contributed by atoms with Gasteiger partial charge in [-0.05, 0) is 50.2 Å². The topological polar surface area (TPSA) is 72.7 Å². The molecule has 0 bridgehead atoms. The lowest BCUT2D eigenvalue weighted by Crippen LogP contribution is -2.13. The number of amides is 1. The molecule has 1 aromatic carbocycles. The zero-order valence-corrected chi connectivity index (χ0v) is 17.1. The number of thiazole rings is 1. The predicted molar refractivity (Wildman–Crippen MR) is 111 cm³/mol. The Bertz CT molecular complexity index is 1190. The van der Waals surface area contributed by atoms with Gasteiger partial charge in [0, 0.05) is 6.20 Å². The van der Waals surface area contributed by atoms with Gasteiger partial charge in [0.05, 0.1) is 27.6 Å². The van der Waals surface area contributed by atoms with Gasteiger partial charge in [-0.25, -0.2) is 14.1 Å². The van der Waals surface area contributed by atoms with E-state index < -0.39 is 5.91 Å². The van der Waals surface area contributed by atoms with Crippen molar-refractivity contribution in [3.05, 3.63) is 76.6 Å². The molecule has 4 rings (SSSR count). The quantitative estimate of drug-likeness (QED) is 0.494. The number of benzene rings is 1. The fraction of sp³-hybridized carbons (Fsp3) is 0.100. The number of halogens is 2. The van der Waals surface area contributed by atoms with Crippen molar-refractivity contribution in [3.63, 3.8) is 0 Å². The van der Waals surface area contributed by atoms with E-state index in [9.17, 15) is 9.18 Å². The van der Waals surface area contributed by atoms with Gasteiger partial charge in [-0.15, -0.1) is 0 Å². The third-order valence-corrected chi connectivity index (χ3v) is 5.66. The Kier molecular flexibility index (Phi) is 5.12. The van der Waals surface area contributed by atoms with Crippen molar-refractivity contribution in [3.8, 4) is 16.3 Å². The van der Waals surface area contributed by atoms with Gasteiger partial charge in [-0.2, -0.15) is 5.10 Å². The molecule has 0 spiro atoms. The van der Waals surface area contributed by atoms with E-state index in [4.69, 9.17) is 11.6 Å². The second kappa shape index (κ2) is 7.73. The Morgan fingerprint density at radius 2 is 1.90 bits per heavy atom. The van der Waals surface area contributed by atoms with Crippen LogP contribution in [0.15, 0.2) is 48.7 Å². The lowest BCUT2D eigenvalue weighted by atomic mass is 10.2. The molecule has 0 aliphatic heterocycles. The number of nitrogens with zero attached hydrogens (tertiary/aromatic N) is 4. The van der Waals surface area contributed by atoms with E-state index >= 15 is 0 Å². The van der Waals surface area contributed by atoms with E-state index in [0.717, 1.165) is 16.3 Å². The van der Waals surface area contributed by atoms with Crippen LogP contribution in [0.1, 0.15) is 21.7 Å². The van der Waals surface area contributed by atoms with Crippen LogP contribution in [0.2, 0.25) is 5.15 Å². The number of carbonyl (C=O) groups is 1. The minimum Gasteiger partial charge on any atom is -0.298 e. The summed E-state index contributed by atoms with van der Waals surface area (Å²) in [5, 5.41) is 7.69. The van der Waals surface area contributed by atoms with Crippen LogP contribution in [0.25, 0.3) is 16.3 Å². The summed E-state index contributed by atoms with van der Waals surface area (Å²) in [7, 11) is 0. The highest BCUT2D eigenvalue weighted by atomic mass is 35.5. The Hall–Kier alpha value is -3.10. The van der Waals surface area contributed by atoms with E-state index in [1.807, 2.05) is 25.1 Å². The first-order valence-electron chi connectivity index (χ1n) is 8.65. The lowest BCUT2D eigenvalue weighted by molar-refractivity contribution is 0.102. The van der Waals surface area contributed by atoms with Gasteiger partial charge in [0.1, 0.15) is 16.5 Å². The number of rotatable bonds is 4. The normalized spacial score (nSPS) is 10.9. The minimum absolute atomic E-state index is 0.143. The van der Waals surface area contributed by atoms with Crippen LogP contribution < -0.4 is 5.32 Å². The maximum absolute atomic E-state index is 13.2. The average molecular weight is 428 g/mol. The van der Waals surface area contributed by atoms with E-state index in [2.05, 4.69) is 20.4 Å². The van der Waals surface area contributed by atoms with Gasteiger partial charge in [-0.1, -0.05) is 29.0 Å². The highest BCUT2D eigenvalue weighted by molar-refractivity contribution is 7.19. The molecule has 0 fully saturated rings. The summed E-state index contributed by atoms with van der Waals surface area (Å²) in [6.45, 7) is 3.55. The molecule has 6 nitrogen and oxygen atoms in total. The van der Waals surface area contributed by atoms with Crippen LogP contribution in [0.3, 0.4) is 0 Å². The first-order valence-corrected chi connectivity index (χ1v) is 9.84. The SMILES string of the molecule is Cc1nc(NC(=O)c2c(C)nn(-c3ccc(F)cc3)c2Cl)sc1-c1ccccn1. The monoisotopic (exact) mass is 427 g/mol. The highest BCUT2D eigenvalue weighted by Gasteiger charge is 2.23.